The van der Waals surface area contributed by atoms with Crippen molar-refractivity contribution >= 4 is 11.6 Å². The Balaban J connectivity index is 2.05. The van der Waals surface area contributed by atoms with Crippen LogP contribution in [0, 0.1) is 0 Å². The van der Waals surface area contributed by atoms with Gasteiger partial charge in [0, 0.05) is 6.20 Å². The molecule has 1 atom stereocenters. The molecule has 0 fully saturated rings. The summed E-state index contributed by atoms with van der Waals surface area (Å²) in [6.45, 7) is -0.737. The molecule has 1 aliphatic rings. The van der Waals surface area contributed by atoms with E-state index in [0.29, 0.717) is 17.0 Å². The average molecular weight is 408 g/mol. The molecule has 0 spiro atoms. The van der Waals surface area contributed by atoms with Crippen molar-refractivity contribution in [3.63, 3.8) is 0 Å². The highest BCUT2D eigenvalue weighted by Gasteiger charge is 2.55. The summed E-state index contributed by atoms with van der Waals surface area (Å²) in [4.78, 5) is 16.3. The van der Waals surface area contributed by atoms with Gasteiger partial charge in [-0.15, -0.1) is 0 Å². The van der Waals surface area contributed by atoms with Crippen molar-refractivity contribution in [1.29, 1.82) is 0 Å². The van der Waals surface area contributed by atoms with Crippen LogP contribution in [-0.2, 0) is 23.4 Å². The van der Waals surface area contributed by atoms with Crippen LogP contribution in [0.5, 0.6) is 0 Å². The van der Waals surface area contributed by atoms with Gasteiger partial charge in [-0.1, -0.05) is 12.1 Å². The maximum Gasteiger partial charge on any atom is 0.416 e. The molecule has 1 aromatic heterocycles. The summed E-state index contributed by atoms with van der Waals surface area (Å²) >= 11 is 0. The van der Waals surface area contributed by atoms with E-state index in [0.717, 1.165) is 24.4 Å². The topological polar surface area (TPSA) is 53.4 Å². The van der Waals surface area contributed by atoms with Crippen molar-refractivity contribution in [2.24, 2.45) is 0 Å². The van der Waals surface area contributed by atoms with E-state index in [2.05, 4.69) is 4.98 Å². The zero-order chi connectivity index (χ0) is 20.9. The van der Waals surface area contributed by atoms with Crippen LogP contribution < -0.4 is 4.90 Å². The van der Waals surface area contributed by atoms with Gasteiger partial charge in [0.2, 0.25) is 0 Å². The minimum absolute atomic E-state index is 0.327. The van der Waals surface area contributed by atoms with Crippen molar-refractivity contribution in [2.45, 2.75) is 31.2 Å². The lowest BCUT2D eigenvalue weighted by Gasteiger charge is -2.18. The number of hydrogen-bond acceptors (Lipinski definition) is 3. The Bertz CT molecular complexity index is 915. The van der Waals surface area contributed by atoms with Gasteiger partial charge in [-0.2, -0.15) is 22.0 Å². The highest BCUT2D eigenvalue weighted by molar-refractivity contribution is 6.06. The number of aliphatic hydroxyl groups excluding tert-OH is 1. The number of benzene rings is 1. The molecule has 1 aliphatic heterocycles. The van der Waals surface area contributed by atoms with E-state index in [4.69, 9.17) is 0 Å². The van der Waals surface area contributed by atoms with Crippen LogP contribution in [-0.4, -0.2) is 22.4 Å². The van der Waals surface area contributed by atoms with Gasteiger partial charge >= 0.3 is 18.0 Å². The van der Waals surface area contributed by atoms with Crippen molar-refractivity contribution in [1.82, 2.24) is 4.98 Å². The first kappa shape index (κ1) is 20.1. The van der Waals surface area contributed by atoms with E-state index in [1.54, 1.807) is 0 Å². The predicted octanol–water partition coefficient (Wildman–Crippen LogP) is 4.04. The molecule has 2 heterocycles. The van der Waals surface area contributed by atoms with Gasteiger partial charge in [0.1, 0.15) is 6.10 Å². The smallest absolute Gasteiger partial charge is 0.382 e. The van der Waals surface area contributed by atoms with Gasteiger partial charge < -0.3 is 10.0 Å². The van der Waals surface area contributed by atoms with Crippen LogP contribution in [0.3, 0.4) is 0 Å². The quantitative estimate of drug-likeness (QED) is 0.778. The zero-order valence-electron chi connectivity index (χ0n) is 13.7. The number of hydrogen-bond donors (Lipinski definition) is 1. The maximum atomic E-state index is 14.5. The molecular formula is C17H11F7N2O2. The number of halogens is 7. The van der Waals surface area contributed by atoms with E-state index < -0.39 is 59.5 Å². The minimum atomic E-state index is -4.71. The first-order valence-electron chi connectivity index (χ1n) is 7.76. The number of carbonyl (C=O) groups excluding carboxylic acids is 1. The lowest BCUT2D eigenvalue weighted by molar-refractivity contribution is -0.142. The molecule has 4 nitrogen and oxygen atoms in total. The highest BCUT2D eigenvalue weighted by Crippen LogP contribution is 2.48. The largest absolute Gasteiger partial charge is 0.416 e. The van der Waals surface area contributed by atoms with Crippen LogP contribution in [0.15, 0.2) is 36.5 Å². The SMILES string of the molecule is O=C1N(Cc2cc(C(F)(F)F)ccn2)c2cccc(C(O)C(F)F)c2C1(F)F. The molecule has 0 saturated carbocycles. The Morgan fingerprint density at radius 3 is 2.46 bits per heavy atom. The molecule has 1 unspecified atom stereocenters. The summed E-state index contributed by atoms with van der Waals surface area (Å²) in [5.74, 6) is -6.04. The third-order valence-corrected chi connectivity index (χ3v) is 4.21. The number of carbonyl (C=O) groups is 1. The monoisotopic (exact) mass is 408 g/mol. The van der Waals surface area contributed by atoms with Crippen LogP contribution >= 0.6 is 0 Å². The molecular weight excluding hydrogens is 397 g/mol. The number of rotatable bonds is 4. The Morgan fingerprint density at radius 1 is 1.18 bits per heavy atom. The van der Waals surface area contributed by atoms with Crippen LogP contribution in [0.2, 0.25) is 0 Å². The lowest BCUT2D eigenvalue weighted by atomic mass is 9.98. The molecule has 0 bridgehead atoms. The molecule has 3 rings (SSSR count). The first-order valence-corrected chi connectivity index (χ1v) is 7.76. The average Bonchev–Trinajstić information content (AvgIpc) is 2.81. The fourth-order valence-electron chi connectivity index (χ4n) is 2.95. The fraction of sp³-hybridized carbons (Fsp3) is 0.294. The Morgan fingerprint density at radius 2 is 1.86 bits per heavy atom. The van der Waals surface area contributed by atoms with Gasteiger partial charge in [0.05, 0.1) is 29.1 Å². The van der Waals surface area contributed by atoms with Gasteiger partial charge in [-0.05, 0) is 23.8 Å². The molecule has 1 N–H and O–H groups in total. The van der Waals surface area contributed by atoms with E-state index >= 15 is 0 Å². The summed E-state index contributed by atoms with van der Waals surface area (Å²) in [5.41, 5.74) is -3.82. The van der Waals surface area contributed by atoms with Crippen molar-refractivity contribution < 1.29 is 40.6 Å². The summed E-state index contributed by atoms with van der Waals surface area (Å²) < 4.78 is 93.1. The van der Waals surface area contributed by atoms with E-state index in [9.17, 15) is 40.6 Å². The molecule has 1 amide bonds. The standard InChI is InChI=1S/C17H11F7N2O2/c18-14(19)13(27)10-2-1-3-11-12(10)16(20,21)15(28)26(11)7-9-6-8(4-5-25-9)17(22,23)24/h1-6,13-14,27H,7H2. The second-order valence-corrected chi connectivity index (χ2v) is 6.02. The molecule has 1 aromatic carbocycles. The lowest BCUT2D eigenvalue weighted by Crippen LogP contribution is -2.34. The number of fused-ring (bicyclic) bond motifs is 1. The molecule has 2 aromatic rings. The molecule has 11 heteroatoms. The third kappa shape index (κ3) is 3.30. The number of alkyl halides is 7. The summed E-state index contributed by atoms with van der Waals surface area (Å²) in [6, 6.07) is 4.23. The number of anilines is 1. The Labute approximate surface area is 153 Å². The molecule has 0 saturated heterocycles. The van der Waals surface area contributed by atoms with Crippen LogP contribution in [0.4, 0.5) is 36.4 Å². The summed E-state index contributed by atoms with van der Waals surface area (Å²) in [7, 11) is 0. The number of aliphatic hydroxyl groups is 1. The summed E-state index contributed by atoms with van der Waals surface area (Å²) in [5, 5.41) is 9.53. The van der Waals surface area contributed by atoms with Gasteiger partial charge in [-0.3, -0.25) is 9.78 Å². The third-order valence-electron chi connectivity index (χ3n) is 4.21. The van der Waals surface area contributed by atoms with E-state index in [1.807, 2.05) is 0 Å². The molecule has 0 aliphatic carbocycles. The van der Waals surface area contributed by atoms with Gasteiger partial charge in [-0.25, -0.2) is 8.78 Å². The predicted molar refractivity (Wildman–Crippen MR) is 81.7 cm³/mol. The van der Waals surface area contributed by atoms with Crippen molar-refractivity contribution in [3.8, 4) is 0 Å². The Hall–Kier alpha value is -2.69. The highest BCUT2D eigenvalue weighted by atomic mass is 19.4. The maximum absolute atomic E-state index is 14.5. The van der Waals surface area contributed by atoms with Gasteiger partial charge in [0.15, 0.2) is 0 Å². The van der Waals surface area contributed by atoms with E-state index in [1.165, 1.54) is 0 Å². The number of aromatic nitrogens is 1. The number of amides is 1. The number of pyridine rings is 1. The normalized spacial score (nSPS) is 17.2. The Kier molecular flexibility index (Phi) is 4.82. The van der Waals surface area contributed by atoms with Gasteiger partial charge in [0.25, 0.3) is 6.43 Å². The molecule has 150 valence electrons. The van der Waals surface area contributed by atoms with Crippen molar-refractivity contribution in [2.75, 3.05) is 4.90 Å². The molecule has 28 heavy (non-hydrogen) atoms. The second-order valence-electron chi connectivity index (χ2n) is 6.02. The minimum Gasteiger partial charge on any atom is -0.382 e. The molecule has 0 radical (unpaired) electrons. The number of nitrogens with zero attached hydrogens (tertiary/aromatic N) is 2. The first-order chi connectivity index (χ1) is 12.9. The van der Waals surface area contributed by atoms with Crippen LogP contribution in [0.25, 0.3) is 0 Å². The van der Waals surface area contributed by atoms with Crippen molar-refractivity contribution in [3.05, 3.63) is 58.9 Å². The zero-order valence-corrected chi connectivity index (χ0v) is 13.7. The van der Waals surface area contributed by atoms with Crippen LogP contribution in [0.1, 0.15) is 28.5 Å². The fourth-order valence-corrected chi connectivity index (χ4v) is 2.95. The van der Waals surface area contributed by atoms with E-state index in [-0.39, 0.29) is 5.69 Å². The second kappa shape index (κ2) is 6.73. The summed E-state index contributed by atoms with van der Waals surface area (Å²) in [6.07, 6.45) is -9.82.